The number of aromatic amines is 1. The van der Waals surface area contributed by atoms with Crippen molar-refractivity contribution in [2.75, 3.05) is 0 Å². The molecule has 0 saturated heterocycles. The van der Waals surface area contributed by atoms with Crippen LogP contribution in [0.1, 0.15) is 34.7 Å². The van der Waals surface area contributed by atoms with Gasteiger partial charge in [0.05, 0.1) is 5.71 Å². The molecule has 1 saturated carbocycles. The number of pyridine rings is 1. The van der Waals surface area contributed by atoms with Crippen molar-refractivity contribution < 1.29 is 5.21 Å². The average molecular weight is 286 g/mol. The van der Waals surface area contributed by atoms with E-state index in [0.717, 1.165) is 36.2 Å². The zero-order valence-electron chi connectivity index (χ0n) is 10.7. The monoisotopic (exact) mass is 285 g/mol. The van der Waals surface area contributed by atoms with Gasteiger partial charge in [0.2, 0.25) is 0 Å². The molecule has 2 aromatic heterocycles. The van der Waals surface area contributed by atoms with E-state index in [1.807, 2.05) is 12.3 Å². The van der Waals surface area contributed by atoms with Gasteiger partial charge in [0, 0.05) is 40.5 Å². The molecule has 5 rings (SSSR count). The lowest BCUT2D eigenvalue weighted by Crippen LogP contribution is -2.09. The highest BCUT2D eigenvalue weighted by Gasteiger charge is 2.53. The fourth-order valence-corrected chi connectivity index (χ4v) is 4.04. The van der Waals surface area contributed by atoms with Crippen LogP contribution >= 0.6 is 11.6 Å². The SMILES string of the molecule is O/N=C1/c2c([nH]c3c2CCc2cnc(Cl)cc2-3)C2CC12. The molecule has 4 nitrogen and oxygen atoms in total. The number of hydrogen-bond acceptors (Lipinski definition) is 3. The quantitative estimate of drug-likeness (QED) is 0.444. The van der Waals surface area contributed by atoms with Crippen molar-refractivity contribution in [1.82, 2.24) is 9.97 Å². The van der Waals surface area contributed by atoms with Gasteiger partial charge in [0.15, 0.2) is 0 Å². The van der Waals surface area contributed by atoms with Crippen LogP contribution in [0.2, 0.25) is 5.15 Å². The standard InChI is InChI=1S/C15H12ClN3O/c16-11-4-8-6(5-17-11)1-2-7-12-14(18-13(7)8)9-3-10(9)15(12)19-20/h4-5,9-10,18,20H,1-3H2/b19-15+. The van der Waals surface area contributed by atoms with Gasteiger partial charge >= 0.3 is 0 Å². The fourth-order valence-electron chi connectivity index (χ4n) is 3.89. The van der Waals surface area contributed by atoms with Crippen molar-refractivity contribution in [3.05, 3.63) is 39.8 Å². The Bertz CT molecular complexity index is 793. The highest BCUT2D eigenvalue weighted by molar-refractivity contribution is 6.29. The van der Waals surface area contributed by atoms with Gasteiger partial charge < -0.3 is 10.2 Å². The molecule has 0 amide bonds. The molecule has 0 bridgehead atoms. The Morgan fingerprint density at radius 3 is 3.10 bits per heavy atom. The Morgan fingerprint density at radius 1 is 1.35 bits per heavy atom. The smallest absolute Gasteiger partial charge is 0.129 e. The maximum absolute atomic E-state index is 9.31. The van der Waals surface area contributed by atoms with E-state index in [-0.39, 0.29) is 0 Å². The number of rotatable bonds is 0. The third kappa shape index (κ3) is 1.18. The number of aromatic nitrogens is 2. The maximum Gasteiger partial charge on any atom is 0.129 e. The number of aryl methyl sites for hydroxylation is 1. The van der Waals surface area contributed by atoms with Gasteiger partial charge in [-0.1, -0.05) is 16.8 Å². The first-order valence-corrected chi connectivity index (χ1v) is 7.27. The molecule has 2 unspecified atom stereocenters. The molecule has 100 valence electrons. The van der Waals surface area contributed by atoms with Crippen LogP contribution in [0.5, 0.6) is 0 Å². The van der Waals surface area contributed by atoms with E-state index in [1.165, 1.54) is 22.4 Å². The topological polar surface area (TPSA) is 61.3 Å². The molecule has 0 spiro atoms. The number of oxime groups is 1. The largest absolute Gasteiger partial charge is 0.411 e. The first-order chi connectivity index (χ1) is 9.78. The van der Waals surface area contributed by atoms with Crippen LogP contribution in [0.15, 0.2) is 17.4 Å². The van der Waals surface area contributed by atoms with Crippen LogP contribution in [0.25, 0.3) is 11.3 Å². The van der Waals surface area contributed by atoms with Crippen molar-refractivity contribution >= 4 is 17.3 Å². The summed E-state index contributed by atoms with van der Waals surface area (Å²) in [5.74, 6) is 0.969. The molecule has 0 radical (unpaired) electrons. The molecule has 2 atom stereocenters. The molecule has 3 aliphatic carbocycles. The summed E-state index contributed by atoms with van der Waals surface area (Å²) < 4.78 is 0. The van der Waals surface area contributed by atoms with Crippen LogP contribution in [-0.2, 0) is 12.8 Å². The van der Waals surface area contributed by atoms with Gasteiger partial charge in [-0.05, 0) is 36.5 Å². The first-order valence-electron chi connectivity index (χ1n) is 6.89. The molecule has 1 fully saturated rings. The first kappa shape index (κ1) is 10.9. The second-order valence-electron chi connectivity index (χ2n) is 5.87. The predicted molar refractivity (Wildman–Crippen MR) is 75.6 cm³/mol. The predicted octanol–water partition coefficient (Wildman–Crippen LogP) is 3.12. The number of nitrogens with zero attached hydrogens (tertiary/aromatic N) is 2. The van der Waals surface area contributed by atoms with Crippen LogP contribution in [-0.4, -0.2) is 20.9 Å². The Hall–Kier alpha value is -1.81. The van der Waals surface area contributed by atoms with Crippen molar-refractivity contribution in [1.29, 1.82) is 0 Å². The van der Waals surface area contributed by atoms with Crippen molar-refractivity contribution in [2.45, 2.75) is 25.2 Å². The minimum Gasteiger partial charge on any atom is -0.411 e. The van der Waals surface area contributed by atoms with Gasteiger partial charge in [-0.2, -0.15) is 0 Å². The van der Waals surface area contributed by atoms with Crippen LogP contribution in [0.3, 0.4) is 0 Å². The number of hydrogen-bond donors (Lipinski definition) is 2. The van der Waals surface area contributed by atoms with E-state index in [9.17, 15) is 5.21 Å². The van der Waals surface area contributed by atoms with Crippen molar-refractivity contribution in [3.63, 3.8) is 0 Å². The molecule has 3 aliphatic rings. The lowest BCUT2D eigenvalue weighted by Gasteiger charge is -2.17. The molecule has 2 heterocycles. The molecular weight excluding hydrogens is 274 g/mol. The number of halogens is 1. The van der Waals surface area contributed by atoms with E-state index in [2.05, 4.69) is 15.1 Å². The van der Waals surface area contributed by atoms with E-state index in [0.29, 0.717) is 17.0 Å². The molecular formula is C15H12ClN3O. The lowest BCUT2D eigenvalue weighted by molar-refractivity contribution is 0.317. The summed E-state index contributed by atoms with van der Waals surface area (Å²) in [5.41, 5.74) is 8.12. The third-order valence-corrected chi connectivity index (χ3v) is 5.08. The minimum absolute atomic E-state index is 0.439. The number of fused-ring (bicyclic) bond motifs is 7. The van der Waals surface area contributed by atoms with E-state index < -0.39 is 0 Å². The van der Waals surface area contributed by atoms with Gasteiger partial charge in [-0.3, -0.25) is 0 Å². The highest BCUT2D eigenvalue weighted by atomic mass is 35.5. The zero-order valence-corrected chi connectivity index (χ0v) is 11.4. The third-order valence-electron chi connectivity index (χ3n) is 4.88. The minimum atomic E-state index is 0.439. The summed E-state index contributed by atoms with van der Waals surface area (Å²) in [6.45, 7) is 0. The normalized spacial score (nSPS) is 26.9. The van der Waals surface area contributed by atoms with Gasteiger partial charge in [-0.15, -0.1) is 0 Å². The summed E-state index contributed by atoms with van der Waals surface area (Å²) >= 11 is 6.04. The van der Waals surface area contributed by atoms with Crippen LogP contribution < -0.4 is 0 Å². The van der Waals surface area contributed by atoms with Crippen LogP contribution in [0, 0.1) is 5.92 Å². The van der Waals surface area contributed by atoms with Gasteiger partial charge in [0.25, 0.3) is 0 Å². The summed E-state index contributed by atoms with van der Waals surface area (Å²) in [7, 11) is 0. The van der Waals surface area contributed by atoms with Crippen molar-refractivity contribution in [2.24, 2.45) is 11.1 Å². The average Bonchev–Trinajstić information content (AvgIpc) is 3.04. The molecule has 20 heavy (non-hydrogen) atoms. The molecule has 2 aromatic rings. The molecule has 0 aliphatic heterocycles. The van der Waals surface area contributed by atoms with E-state index in [4.69, 9.17) is 11.6 Å². The van der Waals surface area contributed by atoms with Crippen LogP contribution in [0.4, 0.5) is 0 Å². The Morgan fingerprint density at radius 2 is 2.25 bits per heavy atom. The fraction of sp³-hybridized carbons (Fsp3) is 0.333. The highest BCUT2D eigenvalue weighted by Crippen LogP contribution is 2.58. The number of H-pyrrole nitrogens is 1. The second-order valence-corrected chi connectivity index (χ2v) is 6.25. The van der Waals surface area contributed by atoms with Gasteiger partial charge in [0.1, 0.15) is 5.15 Å². The summed E-state index contributed by atoms with van der Waals surface area (Å²) in [5, 5.41) is 13.4. The Kier molecular flexibility index (Phi) is 1.88. The van der Waals surface area contributed by atoms with Crippen molar-refractivity contribution in [3.8, 4) is 11.3 Å². The number of nitrogens with one attached hydrogen (secondary N) is 1. The maximum atomic E-state index is 9.31. The lowest BCUT2D eigenvalue weighted by atomic mass is 9.88. The zero-order chi connectivity index (χ0) is 13.4. The Balaban J connectivity index is 1.79. The summed E-state index contributed by atoms with van der Waals surface area (Å²) in [6.07, 6.45) is 4.91. The summed E-state index contributed by atoms with van der Waals surface area (Å²) in [4.78, 5) is 7.75. The van der Waals surface area contributed by atoms with E-state index in [1.54, 1.807) is 0 Å². The second kappa shape index (κ2) is 3.44. The van der Waals surface area contributed by atoms with Gasteiger partial charge in [-0.25, -0.2) is 4.98 Å². The Labute approximate surface area is 120 Å². The molecule has 2 N–H and O–H groups in total. The van der Waals surface area contributed by atoms with E-state index >= 15 is 0 Å². The molecule has 5 heteroatoms. The summed E-state index contributed by atoms with van der Waals surface area (Å²) in [6, 6.07) is 1.93. The molecule has 0 aromatic carbocycles.